The van der Waals surface area contributed by atoms with Crippen LogP contribution in [0.25, 0.3) is 39.6 Å². The predicted octanol–water partition coefficient (Wildman–Crippen LogP) is 11.1. The van der Waals surface area contributed by atoms with Crippen molar-refractivity contribution in [2.45, 2.75) is 58.9 Å². The molecule has 4 aromatic carbocycles. The van der Waals surface area contributed by atoms with E-state index in [-0.39, 0.29) is 23.0 Å². The van der Waals surface area contributed by atoms with Gasteiger partial charge in [-0.15, -0.1) is 0 Å². The number of hydrogen-bond acceptors (Lipinski definition) is 8. The number of rotatable bonds is 10. The molecule has 0 atom stereocenters. The molecule has 0 amide bonds. The summed E-state index contributed by atoms with van der Waals surface area (Å²) in [6.45, 7) is 8.22. The van der Waals surface area contributed by atoms with E-state index in [0.29, 0.717) is 45.0 Å². The number of aryl methyl sites for hydroxylation is 4. The third-order valence-corrected chi connectivity index (χ3v) is 10.9. The van der Waals surface area contributed by atoms with E-state index in [1.165, 1.54) is 0 Å². The number of aromatic nitrogens is 3. The minimum Gasteiger partial charge on any atom is -0.508 e. The molecular formula is C52H50N4O4. The second-order valence-electron chi connectivity index (χ2n) is 14.7. The van der Waals surface area contributed by atoms with Crippen molar-refractivity contribution in [1.82, 2.24) is 20.3 Å². The van der Waals surface area contributed by atoms with Crippen molar-refractivity contribution in [3.05, 3.63) is 191 Å². The van der Waals surface area contributed by atoms with Crippen molar-refractivity contribution in [1.29, 1.82) is 0 Å². The smallest absolute Gasteiger partial charge is 0.125 e. The molecule has 7 aromatic rings. The van der Waals surface area contributed by atoms with E-state index in [2.05, 4.69) is 38.0 Å². The normalized spacial score (nSPS) is 12.8. The van der Waals surface area contributed by atoms with Crippen LogP contribution in [-0.4, -0.2) is 35.4 Å². The molecule has 0 saturated heterocycles. The Kier molecular flexibility index (Phi) is 12.4. The molecule has 4 heterocycles. The average molecular weight is 795 g/mol. The Morgan fingerprint density at radius 3 is 1.32 bits per heavy atom. The first kappa shape index (κ1) is 41.0. The zero-order valence-electron chi connectivity index (χ0n) is 34.4. The topological polar surface area (TPSA) is 132 Å². The lowest BCUT2D eigenvalue weighted by atomic mass is 9.78. The summed E-state index contributed by atoms with van der Waals surface area (Å²) in [4.78, 5) is 13.9. The van der Waals surface area contributed by atoms with Gasteiger partial charge >= 0.3 is 0 Å². The Morgan fingerprint density at radius 2 is 0.900 bits per heavy atom. The van der Waals surface area contributed by atoms with Crippen molar-refractivity contribution in [3.8, 4) is 56.9 Å². The van der Waals surface area contributed by atoms with Gasteiger partial charge < -0.3 is 25.7 Å². The number of nitrogens with zero attached hydrogens (tertiary/aromatic N) is 3. The van der Waals surface area contributed by atoms with Gasteiger partial charge in [0, 0.05) is 28.5 Å². The zero-order valence-corrected chi connectivity index (χ0v) is 34.4. The molecule has 8 heteroatoms. The lowest BCUT2D eigenvalue weighted by molar-refractivity contribution is 0.427. The van der Waals surface area contributed by atoms with Crippen molar-refractivity contribution >= 4 is 5.70 Å². The summed E-state index contributed by atoms with van der Waals surface area (Å²) < 4.78 is 0. The lowest BCUT2D eigenvalue weighted by Gasteiger charge is -2.37. The quantitative estimate of drug-likeness (QED) is 0.0925. The molecule has 8 nitrogen and oxygen atoms in total. The number of phenolic OH excluding ortho intramolecular Hbond substituents is 4. The van der Waals surface area contributed by atoms with Crippen molar-refractivity contribution < 1.29 is 20.4 Å². The maximum atomic E-state index is 11.0. The van der Waals surface area contributed by atoms with Crippen LogP contribution < -0.4 is 5.32 Å². The molecule has 302 valence electrons. The summed E-state index contributed by atoms with van der Waals surface area (Å²) >= 11 is 0. The molecule has 0 saturated carbocycles. The predicted molar refractivity (Wildman–Crippen MR) is 241 cm³/mol. The lowest BCUT2D eigenvalue weighted by Crippen LogP contribution is -2.42. The van der Waals surface area contributed by atoms with Gasteiger partial charge in [-0.3, -0.25) is 4.98 Å². The van der Waals surface area contributed by atoms with E-state index < -0.39 is 5.54 Å². The van der Waals surface area contributed by atoms with E-state index in [1.54, 1.807) is 30.5 Å². The second kappa shape index (κ2) is 18.2. The van der Waals surface area contributed by atoms with Crippen LogP contribution >= 0.6 is 0 Å². The SMILES string of the molecule is CCc1ccc(-c2cccc(-c3cccc(-c4ccc(CC)cc4O)n3)n2)c(O)c1.CCc1ccc(C2(c3ccc(CC)cc3O)C=CC=C(c3ccccn3)N2)c(O)c1. The van der Waals surface area contributed by atoms with Gasteiger partial charge in [0.1, 0.15) is 28.5 Å². The number of hydrogen-bond donors (Lipinski definition) is 5. The Morgan fingerprint density at radius 1 is 0.467 bits per heavy atom. The van der Waals surface area contributed by atoms with Crippen LogP contribution in [0.1, 0.15) is 66.8 Å². The summed E-state index contributed by atoms with van der Waals surface area (Å²) in [6, 6.07) is 40.0. The summed E-state index contributed by atoms with van der Waals surface area (Å²) in [7, 11) is 0. The highest BCUT2D eigenvalue weighted by Crippen LogP contribution is 2.44. The fraction of sp³-hybridized carbons (Fsp3) is 0.173. The number of benzene rings is 4. The summed E-state index contributed by atoms with van der Waals surface area (Å²) in [5, 5.41) is 46.3. The van der Waals surface area contributed by atoms with Crippen LogP contribution in [0.4, 0.5) is 0 Å². The molecule has 8 rings (SSSR count). The molecule has 1 aliphatic rings. The van der Waals surface area contributed by atoms with Crippen LogP contribution in [-0.2, 0) is 31.2 Å². The van der Waals surface area contributed by atoms with Crippen molar-refractivity contribution in [3.63, 3.8) is 0 Å². The number of dihydropyridines is 1. The standard InChI is InChI=1S/C26H24N2O2.C26H26N2O2/c1-3-17-11-13-19(25(29)15-17)21-7-5-9-23(27-21)24-10-6-8-22(28-24)20-14-12-18(4-2)16-26(20)30;1-3-18-10-12-20(24(29)16-18)26(21-13-11-19(4-2)17-25(21)30)14-7-9-23(28-26)22-8-5-6-15-27-22/h5-16,29-30H,3-4H2,1-2H3;5-17,28-30H,3-4H2,1-2H3. The average Bonchev–Trinajstić information content (AvgIpc) is 3.29. The number of aromatic hydroxyl groups is 4. The Balaban J connectivity index is 0.000000181. The fourth-order valence-electron chi connectivity index (χ4n) is 7.46. The molecular weight excluding hydrogens is 745 g/mol. The molecule has 0 spiro atoms. The summed E-state index contributed by atoms with van der Waals surface area (Å²) in [5.74, 6) is 0.823. The van der Waals surface area contributed by atoms with Gasteiger partial charge in [-0.2, -0.15) is 0 Å². The van der Waals surface area contributed by atoms with Gasteiger partial charge in [0.15, 0.2) is 0 Å². The third kappa shape index (κ3) is 8.64. The largest absolute Gasteiger partial charge is 0.508 e. The van der Waals surface area contributed by atoms with Gasteiger partial charge in [-0.1, -0.05) is 88.4 Å². The van der Waals surface area contributed by atoms with Gasteiger partial charge in [-0.05, 0) is 133 Å². The highest BCUT2D eigenvalue weighted by molar-refractivity contribution is 5.73. The van der Waals surface area contributed by atoms with Crippen LogP contribution in [0.15, 0.2) is 152 Å². The minimum atomic E-state index is -0.936. The van der Waals surface area contributed by atoms with Crippen LogP contribution in [0.5, 0.6) is 23.0 Å². The Bertz CT molecular complexity index is 2540. The van der Waals surface area contributed by atoms with Crippen LogP contribution in [0.3, 0.4) is 0 Å². The highest BCUT2D eigenvalue weighted by atomic mass is 16.3. The first-order valence-corrected chi connectivity index (χ1v) is 20.5. The monoisotopic (exact) mass is 794 g/mol. The van der Waals surface area contributed by atoms with Gasteiger partial charge in [0.25, 0.3) is 0 Å². The molecule has 0 bridgehead atoms. The van der Waals surface area contributed by atoms with E-state index in [4.69, 9.17) is 9.97 Å². The summed E-state index contributed by atoms with van der Waals surface area (Å²) in [6.07, 6.45) is 11.0. The van der Waals surface area contributed by atoms with Crippen LogP contribution in [0, 0.1) is 0 Å². The van der Waals surface area contributed by atoms with E-state index in [0.717, 1.165) is 59.3 Å². The first-order chi connectivity index (χ1) is 29.2. The molecule has 0 aliphatic carbocycles. The van der Waals surface area contributed by atoms with Gasteiger partial charge in [0.05, 0.1) is 34.2 Å². The fourth-order valence-corrected chi connectivity index (χ4v) is 7.46. The number of nitrogens with one attached hydrogen (secondary N) is 1. The maximum Gasteiger partial charge on any atom is 0.125 e. The van der Waals surface area contributed by atoms with Gasteiger partial charge in [-0.25, -0.2) is 9.97 Å². The third-order valence-electron chi connectivity index (χ3n) is 10.9. The van der Waals surface area contributed by atoms with E-state index in [9.17, 15) is 20.4 Å². The molecule has 0 unspecified atom stereocenters. The molecule has 3 aromatic heterocycles. The molecule has 0 radical (unpaired) electrons. The molecule has 60 heavy (non-hydrogen) atoms. The number of phenols is 4. The van der Waals surface area contributed by atoms with Gasteiger partial charge in [0.2, 0.25) is 0 Å². The first-order valence-electron chi connectivity index (χ1n) is 20.5. The maximum absolute atomic E-state index is 11.0. The Labute approximate surface area is 352 Å². The molecule has 0 fully saturated rings. The van der Waals surface area contributed by atoms with Crippen molar-refractivity contribution in [2.24, 2.45) is 0 Å². The minimum absolute atomic E-state index is 0.188. The number of pyridine rings is 3. The second-order valence-corrected chi connectivity index (χ2v) is 14.7. The zero-order chi connectivity index (χ0) is 42.2. The van der Waals surface area contributed by atoms with E-state index in [1.807, 2.05) is 121 Å². The summed E-state index contributed by atoms with van der Waals surface area (Å²) in [5.41, 5.74) is 10.5. The van der Waals surface area contributed by atoms with E-state index >= 15 is 0 Å². The molecule has 1 aliphatic heterocycles. The highest BCUT2D eigenvalue weighted by Gasteiger charge is 2.38. The van der Waals surface area contributed by atoms with Crippen molar-refractivity contribution in [2.75, 3.05) is 0 Å². The molecule has 5 N–H and O–H groups in total. The number of allylic oxidation sites excluding steroid dienone is 2. The van der Waals surface area contributed by atoms with Crippen LogP contribution in [0.2, 0.25) is 0 Å². The Hall–Kier alpha value is -7.19.